The van der Waals surface area contributed by atoms with Crippen molar-refractivity contribution in [3.63, 3.8) is 0 Å². The highest BCUT2D eigenvalue weighted by Crippen LogP contribution is 2.47. The Morgan fingerprint density at radius 1 is 1.30 bits per heavy atom. The van der Waals surface area contributed by atoms with E-state index in [0.29, 0.717) is 18.4 Å². The number of hydrogen-bond donors (Lipinski definition) is 3. The van der Waals surface area contributed by atoms with Crippen molar-refractivity contribution in [3.05, 3.63) is 35.9 Å². The van der Waals surface area contributed by atoms with Gasteiger partial charge in [0.2, 0.25) is 0 Å². The lowest BCUT2D eigenvalue weighted by molar-refractivity contribution is 0.166. The molecule has 0 saturated heterocycles. The molecule has 0 spiro atoms. The summed E-state index contributed by atoms with van der Waals surface area (Å²) >= 11 is 0. The molecule has 2 rings (SSSR count). The molecule has 3 N–H and O–H groups in total. The summed E-state index contributed by atoms with van der Waals surface area (Å²) in [6.45, 7) is 3.40. The molecule has 1 unspecified atom stereocenters. The fourth-order valence-electron chi connectivity index (χ4n) is 2.33. The first kappa shape index (κ1) is 14.9. The summed E-state index contributed by atoms with van der Waals surface area (Å²) in [5.74, 6) is 0. The highest BCUT2D eigenvalue weighted by molar-refractivity contribution is 5.73. The fourth-order valence-corrected chi connectivity index (χ4v) is 2.33. The highest BCUT2D eigenvalue weighted by Gasteiger charge is 2.40. The molecule has 4 nitrogen and oxygen atoms in total. The molecular weight excluding hydrogens is 252 g/mol. The minimum Gasteiger partial charge on any atom is -0.388 e. The van der Waals surface area contributed by atoms with Crippen molar-refractivity contribution in [3.8, 4) is 0 Å². The molecule has 0 radical (unpaired) electrons. The van der Waals surface area contributed by atoms with Crippen molar-refractivity contribution >= 4 is 6.03 Å². The monoisotopic (exact) mass is 276 g/mol. The number of benzene rings is 1. The van der Waals surface area contributed by atoms with Crippen molar-refractivity contribution in [2.75, 3.05) is 13.1 Å². The van der Waals surface area contributed by atoms with Crippen LogP contribution in [0.2, 0.25) is 0 Å². The average molecular weight is 276 g/mol. The summed E-state index contributed by atoms with van der Waals surface area (Å²) < 4.78 is 0. The van der Waals surface area contributed by atoms with E-state index in [0.717, 1.165) is 18.5 Å². The molecule has 0 aliphatic heterocycles. The number of aliphatic hydroxyl groups excluding tert-OH is 1. The first-order chi connectivity index (χ1) is 9.65. The standard InChI is InChI=1S/C16H24N2O2/c1-2-16(9-10-16)12-18-15(20)17-11-8-14(19)13-6-4-3-5-7-13/h3-7,14,19H,2,8-12H2,1H3,(H2,17,18,20). The van der Waals surface area contributed by atoms with Gasteiger partial charge in [-0.3, -0.25) is 0 Å². The molecule has 1 aromatic rings. The van der Waals surface area contributed by atoms with Crippen LogP contribution in [0.25, 0.3) is 0 Å². The van der Waals surface area contributed by atoms with Gasteiger partial charge in [-0.15, -0.1) is 0 Å². The van der Waals surface area contributed by atoms with Gasteiger partial charge >= 0.3 is 6.03 Å². The van der Waals surface area contributed by atoms with Crippen LogP contribution in [0.1, 0.15) is 44.3 Å². The normalized spacial score (nSPS) is 17.3. The van der Waals surface area contributed by atoms with Gasteiger partial charge in [0, 0.05) is 13.1 Å². The first-order valence-electron chi connectivity index (χ1n) is 7.40. The third kappa shape index (κ3) is 4.23. The molecule has 0 aromatic heterocycles. The van der Waals surface area contributed by atoms with Crippen LogP contribution in [-0.4, -0.2) is 24.2 Å². The molecule has 0 bridgehead atoms. The van der Waals surface area contributed by atoms with Crippen molar-refractivity contribution in [1.29, 1.82) is 0 Å². The lowest BCUT2D eigenvalue weighted by Crippen LogP contribution is -2.39. The number of amides is 2. The molecule has 1 aliphatic rings. The Morgan fingerprint density at radius 3 is 2.60 bits per heavy atom. The summed E-state index contributed by atoms with van der Waals surface area (Å²) in [4.78, 5) is 11.6. The van der Waals surface area contributed by atoms with Gasteiger partial charge in [-0.05, 0) is 36.7 Å². The van der Waals surface area contributed by atoms with E-state index in [2.05, 4.69) is 17.6 Å². The molecule has 1 aliphatic carbocycles. The Hall–Kier alpha value is -1.55. The highest BCUT2D eigenvalue weighted by atomic mass is 16.3. The molecule has 20 heavy (non-hydrogen) atoms. The van der Waals surface area contributed by atoms with Crippen LogP contribution in [0.15, 0.2) is 30.3 Å². The summed E-state index contributed by atoms with van der Waals surface area (Å²) in [7, 11) is 0. The third-order valence-electron chi connectivity index (χ3n) is 4.22. The van der Waals surface area contributed by atoms with E-state index in [-0.39, 0.29) is 6.03 Å². The maximum atomic E-state index is 11.6. The van der Waals surface area contributed by atoms with E-state index >= 15 is 0 Å². The molecule has 1 saturated carbocycles. The Labute approximate surface area is 120 Å². The van der Waals surface area contributed by atoms with Crippen molar-refractivity contribution < 1.29 is 9.90 Å². The molecule has 110 valence electrons. The first-order valence-corrected chi connectivity index (χ1v) is 7.40. The lowest BCUT2D eigenvalue weighted by atomic mass is 10.0. The van der Waals surface area contributed by atoms with E-state index < -0.39 is 6.10 Å². The van der Waals surface area contributed by atoms with E-state index in [1.54, 1.807) is 0 Å². The molecular formula is C16H24N2O2. The predicted octanol–water partition coefficient (Wildman–Crippen LogP) is 2.60. The Balaban J connectivity index is 1.62. The van der Waals surface area contributed by atoms with Gasteiger partial charge < -0.3 is 15.7 Å². The predicted molar refractivity (Wildman–Crippen MR) is 79.4 cm³/mol. The minimum atomic E-state index is -0.526. The molecule has 1 aromatic carbocycles. The van der Waals surface area contributed by atoms with Crippen LogP contribution >= 0.6 is 0 Å². The van der Waals surface area contributed by atoms with Crippen LogP contribution in [0.5, 0.6) is 0 Å². The number of aliphatic hydroxyl groups is 1. The molecule has 4 heteroatoms. The van der Waals surface area contributed by atoms with E-state index in [9.17, 15) is 9.90 Å². The fraction of sp³-hybridized carbons (Fsp3) is 0.562. The van der Waals surface area contributed by atoms with Gasteiger partial charge in [-0.25, -0.2) is 4.79 Å². The molecule has 0 heterocycles. The minimum absolute atomic E-state index is 0.134. The van der Waals surface area contributed by atoms with Gasteiger partial charge in [0.25, 0.3) is 0 Å². The quantitative estimate of drug-likeness (QED) is 0.717. The molecule has 2 amide bonds. The average Bonchev–Trinajstić information content (AvgIpc) is 3.26. The van der Waals surface area contributed by atoms with Crippen molar-refractivity contribution in [2.45, 2.75) is 38.7 Å². The van der Waals surface area contributed by atoms with Gasteiger partial charge in [-0.1, -0.05) is 37.3 Å². The van der Waals surface area contributed by atoms with Crippen LogP contribution < -0.4 is 10.6 Å². The maximum absolute atomic E-state index is 11.6. The topological polar surface area (TPSA) is 61.4 Å². The number of nitrogens with one attached hydrogen (secondary N) is 2. The zero-order valence-corrected chi connectivity index (χ0v) is 12.1. The second kappa shape index (κ2) is 6.75. The van der Waals surface area contributed by atoms with Gasteiger partial charge in [0.1, 0.15) is 0 Å². The van der Waals surface area contributed by atoms with Crippen LogP contribution in [-0.2, 0) is 0 Å². The number of urea groups is 1. The number of hydrogen-bond acceptors (Lipinski definition) is 2. The summed E-state index contributed by atoms with van der Waals surface area (Å²) in [6, 6.07) is 9.37. The van der Waals surface area contributed by atoms with Gasteiger partial charge in [0.15, 0.2) is 0 Å². The van der Waals surface area contributed by atoms with Crippen LogP contribution in [0.4, 0.5) is 4.79 Å². The zero-order chi connectivity index (χ0) is 14.4. The third-order valence-corrected chi connectivity index (χ3v) is 4.22. The Morgan fingerprint density at radius 2 is 2.00 bits per heavy atom. The van der Waals surface area contributed by atoms with Gasteiger partial charge in [0.05, 0.1) is 6.10 Å². The second-order valence-electron chi connectivity index (χ2n) is 5.68. The van der Waals surface area contributed by atoms with Crippen LogP contribution in [0, 0.1) is 5.41 Å². The summed E-state index contributed by atoms with van der Waals surface area (Å²) in [6.07, 6.45) is 3.56. The molecule has 1 atom stereocenters. The van der Waals surface area contributed by atoms with Crippen molar-refractivity contribution in [2.24, 2.45) is 5.41 Å². The smallest absolute Gasteiger partial charge is 0.314 e. The number of rotatable bonds is 7. The largest absolute Gasteiger partial charge is 0.388 e. The Bertz CT molecular complexity index is 429. The zero-order valence-electron chi connectivity index (χ0n) is 12.1. The lowest BCUT2D eigenvalue weighted by Gasteiger charge is -2.15. The van der Waals surface area contributed by atoms with E-state index in [4.69, 9.17) is 0 Å². The Kier molecular flexibility index (Phi) is 5.01. The number of carbonyl (C=O) groups is 1. The summed E-state index contributed by atoms with van der Waals surface area (Å²) in [5.41, 5.74) is 1.25. The van der Waals surface area contributed by atoms with Gasteiger partial charge in [-0.2, -0.15) is 0 Å². The van der Waals surface area contributed by atoms with E-state index in [1.165, 1.54) is 12.8 Å². The molecule has 1 fully saturated rings. The SMILES string of the molecule is CCC1(CNC(=O)NCCC(O)c2ccccc2)CC1. The maximum Gasteiger partial charge on any atom is 0.314 e. The number of carbonyl (C=O) groups excluding carboxylic acids is 1. The summed E-state index contributed by atoms with van der Waals surface area (Å²) in [5, 5.41) is 15.7. The van der Waals surface area contributed by atoms with Crippen LogP contribution in [0.3, 0.4) is 0 Å². The van der Waals surface area contributed by atoms with E-state index in [1.807, 2.05) is 30.3 Å². The second-order valence-corrected chi connectivity index (χ2v) is 5.68. The van der Waals surface area contributed by atoms with Crippen molar-refractivity contribution in [1.82, 2.24) is 10.6 Å².